The molecule has 0 saturated heterocycles. The Morgan fingerprint density at radius 3 is 1.00 bits per heavy atom. The van der Waals surface area contributed by atoms with Gasteiger partial charge in [-0.3, -0.25) is 0 Å². The van der Waals surface area contributed by atoms with Crippen LogP contribution < -0.4 is 0 Å². The third-order valence-electron chi connectivity index (χ3n) is 2.26. The molecule has 0 bridgehead atoms. The van der Waals surface area contributed by atoms with Gasteiger partial charge in [0.1, 0.15) is 0 Å². The summed E-state index contributed by atoms with van der Waals surface area (Å²) in [6.45, 7) is 14.4. The molecule has 0 fully saturated rings. The maximum atomic E-state index is 2.71. The van der Waals surface area contributed by atoms with E-state index < -0.39 is 0 Å². The van der Waals surface area contributed by atoms with Crippen LogP contribution in [-0.4, -0.2) is 32.9 Å². The fourth-order valence-corrected chi connectivity index (χ4v) is 4.35. The van der Waals surface area contributed by atoms with Crippen LogP contribution in [0.3, 0.4) is 0 Å². The van der Waals surface area contributed by atoms with Gasteiger partial charge in [0.05, 0.1) is 0 Å². The number of hydrogen-bond acceptors (Lipinski definition) is 2. The normalized spacial score (nSPS) is 10.0. The van der Waals surface area contributed by atoms with Crippen molar-refractivity contribution in [3.63, 3.8) is 0 Å². The zero-order valence-corrected chi connectivity index (χ0v) is 15.1. The first-order chi connectivity index (χ1) is 7.28. The maximum absolute atomic E-state index is 2.71. The number of hydrogen-bond donors (Lipinski definition) is 0. The Bertz CT molecular complexity index is 114. The van der Waals surface area contributed by atoms with Crippen LogP contribution in [0.2, 0.25) is 0 Å². The summed E-state index contributed by atoms with van der Waals surface area (Å²) in [5.74, 6) is 0. The van der Waals surface area contributed by atoms with Gasteiger partial charge in [-0.2, -0.15) is 0 Å². The van der Waals surface area contributed by atoms with E-state index in [0.29, 0.717) is 0 Å². The van der Waals surface area contributed by atoms with Gasteiger partial charge in [-0.15, -0.1) is 24.8 Å². The van der Waals surface area contributed by atoms with Gasteiger partial charge >= 0.3 is 106 Å². The van der Waals surface area contributed by atoms with Crippen molar-refractivity contribution in [2.24, 2.45) is 0 Å². The zero-order chi connectivity index (χ0) is 11.5. The molecule has 17 heavy (non-hydrogen) atoms. The van der Waals surface area contributed by atoms with Crippen molar-refractivity contribution in [1.29, 1.82) is 0 Å². The van der Waals surface area contributed by atoms with Gasteiger partial charge in [0.15, 0.2) is 0 Å². The Balaban J connectivity index is -0.000000980. The molecule has 0 amide bonds. The molecule has 0 aliphatic rings. The summed E-state index contributed by atoms with van der Waals surface area (Å²) in [4.78, 5) is 0. The maximum Gasteiger partial charge on any atom is -0.147 e. The molecule has 0 rings (SSSR count). The SMILES string of the molecule is CCC[N](CCC)[Ti][N](CCC)CCC.Cl.Cl. The van der Waals surface area contributed by atoms with Crippen LogP contribution in [0.25, 0.3) is 0 Å². The molecule has 0 heterocycles. The first-order valence-electron chi connectivity index (χ1n) is 6.54. The van der Waals surface area contributed by atoms with Crippen molar-refractivity contribution in [2.45, 2.75) is 53.4 Å². The molecule has 0 atom stereocenters. The van der Waals surface area contributed by atoms with Crippen LogP contribution in [0.4, 0.5) is 0 Å². The Hall–Kier alpha value is 1.21. The molecular formula is C12H30Cl2N2Ti. The summed E-state index contributed by atoms with van der Waals surface area (Å²) < 4.78 is 5.43. The predicted molar refractivity (Wildman–Crippen MR) is 78.8 cm³/mol. The van der Waals surface area contributed by atoms with Gasteiger partial charge in [0.2, 0.25) is 0 Å². The summed E-state index contributed by atoms with van der Waals surface area (Å²) in [5, 5.41) is 0. The molecule has 0 radical (unpaired) electrons. The van der Waals surface area contributed by atoms with Crippen LogP contribution in [0, 0.1) is 0 Å². The molecule has 106 valence electrons. The van der Waals surface area contributed by atoms with Crippen LogP contribution in [-0.2, 0) is 19.7 Å². The van der Waals surface area contributed by atoms with Crippen molar-refractivity contribution < 1.29 is 19.7 Å². The van der Waals surface area contributed by atoms with Crippen molar-refractivity contribution in [2.75, 3.05) is 26.2 Å². The number of nitrogens with zero attached hydrogens (tertiary/aromatic N) is 2. The number of rotatable bonds is 10. The molecule has 5 heteroatoms. The quantitative estimate of drug-likeness (QED) is 0.562. The minimum atomic E-state index is -0.00722. The average Bonchev–Trinajstić information content (AvgIpc) is 2.19. The molecule has 0 saturated carbocycles. The van der Waals surface area contributed by atoms with Gasteiger partial charge in [0.25, 0.3) is 0 Å². The van der Waals surface area contributed by atoms with E-state index in [1.165, 1.54) is 51.9 Å². The molecular weight excluding hydrogens is 291 g/mol. The molecule has 0 aromatic heterocycles. The Kier molecular flexibility index (Phi) is 23.6. The van der Waals surface area contributed by atoms with E-state index in [1.54, 1.807) is 0 Å². The predicted octanol–water partition coefficient (Wildman–Crippen LogP) is 3.99. The largest absolute Gasteiger partial charge is 0.147 e. The standard InChI is InChI=1S/2C6H14N.2ClH.Ti/c2*1-3-5-7-6-4-2;;;/h2*3-6H2,1-2H3;2*1H;/q2*-1;;;+2. The number of halogens is 2. The molecule has 2 nitrogen and oxygen atoms in total. The van der Waals surface area contributed by atoms with Gasteiger partial charge < -0.3 is 0 Å². The van der Waals surface area contributed by atoms with Gasteiger partial charge in [-0.05, 0) is 0 Å². The summed E-state index contributed by atoms with van der Waals surface area (Å²) in [5.41, 5.74) is 0. The van der Waals surface area contributed by atoms with Crippen molar-refractivity contribution >= 4 is 24.8 Å². The van der Waals surface area contributed by atoms with E-state index in [1.807, 2.05) is 0 Å². The van der Waals surface area contributed by atoms with Gasteiger partial charge in [-0.25, -0.2) is 0 Å². The monoisotopic (exact) mass is 320 g/mol. The van der Waals surface area contributed by atoms with E-state index in [9.17, 15) is 0 Å². The molecule has 0 spiro atoms. The fourth-order valence-electron chi connectivity index (χ4n) is 1.70. The van der Waals surface area contributed by atoms with Crippen LogP contribution in [0.1, 0.15) is 53.4 Å². The molecule has 0 N–H and O–H groups in total. The zero-order valence-electron chi connectivity index (χ0n) is 11.9. The van der Waals surface area contributed by atoms with Crippen LogP contribution in [0.5, 0.6) is 0 Å². The Labute approximate surface area is 130 Å². The molecule has 0 unspecified atom stereocenters. The van der Waals surface area contributed by atoms with Crippen molar-refractivity contribution in [3.8, 4) is 0 Å². The van der Waals surface area contributed by atoms with Gasteiger partial charge in [-0.1, -0.05) is 0 Å². The molecule has 0 aromatic carbocycles. The molecule has 0 aliphatic carbocycles. The smallest absolute Gasteiger partial charge is 0.147 e. The molecule has 0 aromatic rings. The minimum Gasteiger partial charge on any atom is -0.147 e. The van der Waals surface area contributed by atoms with Crippen LogP contribution in [0.15, 0.2) is 0 Å². The topological polar surface area (TPSA) is 6.48 Å². The summed E-state index contributed by atoms with van der Waals surface area (Å²) in [6.07, 6.45) is 5.20. The second-order valence-electron chi connectivity index (χ2n) is 4.07. The van der Waals surface area contributed by atoms with Crippen molar-refractivity contribution in [3.05, 3.63) is 0 Å². The minimum absolute atomic E-state index is 0. The Morgan fingerprint density at radius 1 is 0.588 bits per heavy atom. The first kappa shape index (κ1) is 23.3. The Morgan fingerprint density at radius 2 is 0.824 bits per heavy atom. The average molecular weight is 321 g/mol. The van der Waals surface area contributed by atoms with Gasteiger partial charge in [0, 0.05) is 0 Å². The van der Waals surface area contributed by atoms with Crippen molar-refractivity contribution in [1.82, 2.24) is 6.76 Å². The summed E-state index contributed by atoms with van der Waals surface area (Å²) in [6, 6.07) is 0. The first-order valence-corrected chi connectivity index (χ1v) is 7.94. The second-order valence-corrected chi connectivity index (χ2v) is 6.36. The van der Waals surface area contributed by atoms with E-state index in [2.05, 4.69) is 34.5 Å². The molecule has 0 aliphatic heterocycles. The summed E-state index contributed by atoms with van der Waals surface area (Å²) in [7, 11) is 0. The van der Waals surface area contributed by atoms with E-state index in [-0.39, 0.29) is 44.5 Å². The fraction of sp³-hybridized carbons (Fsp3) is 1.00. The van der Waals surface area contributed by atoms with Crippen LogP contribution >= 0.6 is 24.8 Å². The third kappa shape index (κ3) is 13.4. The second kappa shape index (κ2) is 17.2. The van der Waals surface area contributed by atoms with E-state index in [4.69, 9.17) is 0 Å². The van der Waals surface area contributed by atoms with E-state index >= 15 is 0 Å². The summed E-state index contributed by atoms with van der Waals surface area (Å²) >= 11 is -0.00722. The third-order valence-corrected chi connectivity index (χ3v) is 4.54. The van der Waals surface area contributed by atoms with E-state index in [0.717, 1.165) is 0 Å².